The molecule has 90 valence electrons. The van der Waals surface area contributed by atoms with Crippen molar-refractivity contribution in [2.75, 3.05) is 23.0 Å². The average Bonchev–Trinajstić information content (AvgIpc) is 2.23. The Kier molecular flexibility index (Phi) is 4.68. The summed E-state index contributed by atoms with van der Waals surface area (Å²) in [5, 5.41) is 0. The molecule has 0 aliphatic heterocycles. The van der Waals surface area contributed by atoms with Gasteiger partial charge in [-0.1, -0.05) is 13.0 Å². The van der Waals surface area contributed by atoms with Crippen LogP contribution in [0.3, 0.4) is 0 Å². The summed E-state index contributed by atoms with van der Waals surface area (Å²) >= 11 is 1.54. The number of hydrogen-bond donors (Lipinski definition) is 1. The maximum atomic E-state index is 11.3. The van der Waals surface area contributed by atoms with E-state index in [-0.39, 0.29) is 11.5 Å². The molecule has 0 amide bonds. The zero-order valence-electron chi connectivity index (χ0n) is 9.56. The largest absolute Gasteiger partial charge is 0.399 e. The van der Waals surface area contributed by atoms with Crippen LogP contribution in [0.1, 0.15) is 12.5 Å². The second-order valence-electron chi connectivity index (χ2n) is 3.61. The molecule has 0 radical (unpaired) electrons. The van der Waals surface area contributed by atoms with E-state index in [1.807, 2.05) is 25.1 Å². The van der Waals surface area contributed by atoms with Crippen LogP contribution in [0.2, 0.25) is 0 Å². The SMILES string of the molecule is CCS(=O)(=O)CCSc1cc(N)ccc1C. The van der Waals surface area contributed by atoms with Gasteiger partial charge in [0.05, 0.1) is 5.75 Å². The number of rotatable bonds is 5. The highest BCUT2D eigenvalue weighted by atomic mass is 32.2. The van der Waals surface area contributed by atoms with E-state index in [9.17, 15) is 8.42 Å². The Morgan fingerprint density at radius 1 is 1.38 bits per heavy atom. The second-order valence-corrected chi connectivity index (χ2v) is 7.22. The lowest BCUT2D eigenvalue weighted by atomic mass is 10.2. The molecule has 2 N–H and O–H groups in total. The monoisotopic (exact) mass is 259 g/mol. The van der Waals surface area contributed by atoms with Crippen LogP contribution in [0.5, 0.6) is 0 Å². The smallest absolute Gasteiger partial charge is 0.150 e. The molecule has 0 unspecified atom stereocenters. The normalized spacial score (nSPS) is 11.6. The predicted molar refractivity (Wildman–Crippen MR) is 70.6 cm³/mol. The highest BCUT2D eigenvalue weighted by molar-refractivity contribution is 8.00. The third-order valence-corrected chi connectivity index (χ3v) is 5.43. The van der Waals surface area contributed by atoms with Crippen molar-refractivity contribution in [3.05, 3.63) is 23.8 Å². The Morgan fingerprint density at radius 2 is 2.06 bits per heavy atom. The van der Waals surface area contributed by atoms with Gasteiger partial charge in [0.25, 0.3) is 0 Å². The van der Waals surface area contributed by atoms with Crippen molar-refractivity contribution in [3.63, 3.8) is 0 Å². The number of thioether (sulfide) groups is 1. The van der Waals surface area contributed by atoms with E-state index in [1.54, 1.807) is 18.7 Å². The Hall–Kier alpha value is -0.680. The number of sulfone groups is 1. The lowest BCUT2D eigenvalue weighted by molar-refractivity contribution is 0.599. The highest BCUT2D eigenvalue weighted by Gasteiger charge is 2.08. The maximum Gasteiger partial charge on any atom is 0.150 e. The molecule has 16 heavy (non-hydrogen) atoms. The van der Waals surface area contributed by atoms with Gasteiger partial charge in [0.15, 0.2) is 9.84 Å². The summed E-state index contributed by atoms with van der Waals surface area (Å²) in [4.78, 5) is 1.06. The minimum absolute atomic E-state index is 0.212. The Balaban J connectivity index is 2.59. The van der Waals surface area contributed by atoms with Crippen LogP contribution in [-0.2, 0) is 9.84 Å². The van der Waals surface area contributed by atoms with Crippen molar-refractivity contribution in [3.8, 4) is 0 Å². The Labute approximate surface area is 101 Å². The van der Waals surface area contributed by atoms with Crippen LogP contribution in [0, 0.1) is 6.92 Å². The number of nitrogens with two attached hydrogens (primary N) is 1. The van der Waals surface area contributed by atoms with E-state index < -0.39 is 9.84 Å². The maximum absolute atomic E-state index is 11.3. The summed E-state index contributed by atoms with van der Waals surface area (Å²) in [7, 11) is -2.86. The summed E-state index contributed by atoms with van der Waals surface area (Å²) < 4.78 is 22.6. The lowest BCUT2D eigenvalue weighted by Gasteiger charge is -2.06. The molecule has 0 aliphatic carbocycles. The van der Waals surface area contributed by atoms with Crippen LogP contribution in [0.4, 0.5) is 5.69 Å². The molecule has 0 bridgehead atoms. The van der Waals surface area contributed by atoms with Crippen LogP contribution >= 0.6 is 11.8 Å². The summed E-state index contributed by atoms with van der Waals surface area (Å²) in [5.41, 5.74) is 7.53. The molecule has 0 spiro atoms. The van der Waals surface area contributed by atoms with Gasteiger partial charge in [0.1, 0.15) is 0 Å². The topological polar surface area (TPSA) is 60.2 Å². The molecule has 0 saturated carbocycles. The van der Waals surface area contributed by atoms with Crippen LogP contribution in [0.25, 0.3) is 0 Å². The summed E-state index contributed by atoms with van der Waals surface area (Å²) in [6.45, 7) is 3.67. The molecule has 5 heteroatoms. The average molecular weight is 259 g/mol. The first-order valence-electron chi connectivity index (χ1n) is 5.14. The van der Waals surface area contributed by atoms with Crippen molar-refractivity contribution in [1.29, 1.82) is 0 Å². The van der Waals surface area contributed by atoms with Gasteiger partial charge >= 0.3 is 0 Å². The van der Waals surface area contributed by atoms with Gasteiger partial charge in [-0.15, -0.1) is 11.8 Å². The molecule has 1 rings (SSSR count). The number of anilines is 1. The fourth-order valence-electron chi connectivity index (χ4n) is 1.20. The fraction of sp³-hybridized carbons (Fsp3) is 0.455. The molecule has 0 atom stereocenters. The molecule has 3 nitrogen and oxygen atoms in total. The third-order valence-electron chi connectivity index (χ3n) is 2.30. The van der Waals surface area contributed by atoms with Gasteiger partial charge < -0.3 is 5.73 Å². The van der Waals surface area contributed by atoms with Crippen molar-refractivity contribution in [2.45, 2.75) is 18.7 Å². The Bertz CT molecular complexity index is 455. The molecular weight excluding hydrogens is 242 g/mol. The fourth-order valence-corrected chi connectivity index (χ4v) is 3.57. The van der Waals surface area contributed by atoms with Gasteiger partial charge in [-0.05, 0) is 24.6 Å². The van der Waals surface area contributed by atoms with Crippen molar-refractivity contribution in [2.24, 2.45) is 0 Å². The van der Waals surface area contributed by atoms with Crippen molar-refractivity contribution in [1.82, 2.24) is 0 Å². The number of hydrogen-bond acceptors (Lipinski definition) is 4. The number of nitrogen functional groups attached to an aromatic ring is 1. The van der Waals surface area contributed by atoms with E-state index in [0.29, 0.717) is 11.4 Å². The zero-order chi connectivity index (χ0) is 12.2. The minimum Gasteiger partial charge on any atom is -0.399 e. The molecular formula is C11H17NO2S2. The Morgan fingerprint density at radius 3 is 2.69 bits per heavy atom. The highest BCUT2D eigenvalue weighted by Crippen LogP contribution is 2.24. The van der Waals surface area contributed by atoms with Gasteiger partial charge in [-0.3, -0.25) is 0 Å². The molecule has 1 aromatic carbocycles. The van der Waals surface area contributed by atoms with Crippen LogP contribution in [0.15, 0.2) is 23.1 Å². The standard InChI is InChI=1S/C11H17NO2S2/c1-3-16(13,14)7-6-15-11-8-10(12)5-4-9(11)2/h4-5,8H,3,6-7,12H2,1-2H3. The van der Waals surface area contributed by atoms with Crippen LogP contribution in [-0.4, -0.2) is 25.7 Å². The molecule has 0 saturated heterocycles. The molecule has 0 fully saturated rings. The van der Waals surface area contributed by atoms with E-state index in [0.717, 1.165) is 10.5 Å². The van der Waals surface area contributed by atoms with Gasteiger partial charge in [0, 0.05) is 22.1 Å². The van der Waals surface area contributed by atoms with Gasteiger partial charge in [-0.2, -0.15) is 0 Å². The number of benzene rings is 1. The molecule has 0 aliphatic rings. The van der Waals surface area contributed by atoms with Gasteiger partial charge in [-0.25, -0.2) is 8.42 Å². The quantitative estimate of drug-likeness (QED) is 0.650. The van der Waals surface area contributed by atoms with Crippen molar-refractivity contribution >= 4 is 27.3 Å². The molecule has 0 heterocycles. The first-order valence-corrected chi connectivity index (χ1v) is 7.94. The summed E-state index contributed by atoms with van der Waals surface area (Å²) in [6.07, 6.45) is 0. The first kappa shape index (κ1) is 13.4. The van der Waals surface area contributed by atoms with E-state index in [4.69, 9.17) is 5.73 Å². The summed E-state index contributed by atoms with van der Waals surface area (Å²) in [5.74, 6) is 1.02. The summed E-state index contributed by atoms with van der Waals surface area (Å²) in [6, 6.07) is 5.69. The molecule has 1 aromatic rings. The zero-order valence-corrected chi connectivity index (χ0v) is 11.2. The lowest BCUT2D eigenvalue weighted by Crippen LogP contribution is -2.10. The first-order chi connectivity index (χ1) is 7.44. The van der Waals surface area contributed by atoms with Crippen LogP contribution < -0.4 is 5.73 Å². The second kappa shape index (κ2) is 5.59. The molecule has 0 aromatic heterocycles. The third kappa shape index (κ3) is 4.06. The number of aryl methyl sites for hydroxylation is 1. The van der Waals surface area contributed by atoms with E-state index in [2.05, 4.69) is 0 Å². The van der Waals surface area contributed by atoms with Crippen molar-refractivity contribution < 1.29 is 8.42 Å². The van der Waals surface area contributed by atoms with E-state index in [1.165, 1.54) is 0 Å². The van der Waals surface area contributed by atoms with E-state index >= 15 is 0 Å². The predicted octanol–water partition coefficient (Wildman–Crippen LogP) is 2.10. The van der Waals surface area contributed by atoms with Gasteiger partial charge in [0.2, 0.25) is 0 Å². The minimum atomic E-state index is -2.86.